The van der Waals surface area contributed by atoms with Crippen LogP contribution in [0.15, 0.2) is 41.5 Å². The quantitative estimate of drug-likeness (QED) is 0.433. The maximum Gasteiger partial charge on any atom is 0.416 e. The van der Waals surface area contributed by atoms with E-state index < -0.39 is 22.4 Å². The first-order chi connectivity index (χ1) is 12.8. The molecule has 144 valence electrons. The molecule has 0 saturated carbocycles. The molecule has 0 unspecified atom stereocenters. The van der Waals surface area contributed by atoms with E-state index in [4.69, 9.17) is 9.47 Å². The topological polar surface area (TPSA) is 86.0 Å². The molecule has 2 rings (SSSR count). The Labute approximate surface area is 152 Å². The van der Waals surface area contributed by atoms with Crippen molar-refractivity contribution < 1.29 is 27.6 Å². The summed E-state index contributed by atoms with van der Waals surface area (Å²) in [5.74, 6) is 1.02. The molecule has 0 radical (unpaired) electrons. The number of hydrogen-bond donors (Lipinski definition) is 1. The van der Waals surface area contributed by atoms with Crippen LogP contribution in [0.2, 0.25) is 0 Å². The maximum absolute atomic E-state index is 12.7. The van der Waals surface area contributed by atoms with E-state index in [1.165, 1.54) is 13.3 Å². The molecule has 0 heterocycles. The number of nitrogens with one attached hydrogen (secondary N) is 1. The van der Waals surface area contributed by atoms with Gasteiger partial charge >= 0.3 is 6.18 Å². The van der Waals surface area contributed by atoms with Gasteiger partial charge in [-0.25, -0.2) is 0 Å². The minimum Gasteiger partial charge on any atom is -0.493 e. The second-order valence-electron chi connectivity index (χ2n) is 5.20. The molecule has 2 aromatic rings. The SMILES string of the molecule is CCOc1ccc(/C=N\Nc2ccc(C(F)(F)F)cc2[N+](=O)[O-])cc1OC. The number of nitrogens with zero attached hydrogens (tertiary/aromatic N) is 2. The van der Waals surface area contributed by atoms with E-state index in [0.717, 1.165) is 12.1 Å². The minimum atomic E-state index is -4.68. The Morgan fingerprint density at radius 3 is 2.56 bits per heavy atom. The smallest absolute Gasteiger partial charge is 0.416 e. The van der Waals surface area contributed by atoms with Crippen LogP contribution in [-0.2, 0) is 6.18 Å². The van der Waals surface area contributed by atoms with Crippen LogP contribution >= 0.6 is 0 Å². The number of hydrogen-bond acceptors (Lipinski definition) is 6. The van der Waals surface area contributed by atoms with Crippen LogP contribution in [0.3, 0.4) is 0 Å². The van der Waals surface area contributed by atoms with E-state index in [1.54, 1.807) is 18.2 Å². The van der Waals surface area contributed by atoms with Crippen molar-refractivity contribution in [3.8, 4) is 11.5 Å². The lowest BCUT2D eigenvalue weighted by atomic mass is 10.1. The highest BCUT2D eigenvalue weighted by molar-refractivity contribution is 5.82. The van der Waals surface area contributed by atoms with Crippen molar-refractivity contribution in [3.63, 3.8) is 0 Å². The number of hydrazone groups is 1. The van der Waals surface area contributed by atoms with Gasteiger partial charge in [-0.15, -0.1) is 0 Å². The summed E-state index contributed by atoms with van der Waals surface area (Å²) in [6.45, 7) is 2.29. The zero-order valence-corrected chi connectivity index (χ0v) is 14.4. The van der Waals surface area contributed by atoms with Gasteiger partial charge in [-0.1, -0.05) is 0 Å². The highest BCUT2D eigenvalue weighted by Gasteiger charge is 2.33. The summed E-state index contributed by atoms with van der Waals surface area (Å²) in [4.78, 5) is 10.1. The Balaban J connectivity index is 2.22. The number of benzene rings is 2. The van der Waals surface area contributed by atoms with Crippen molar-refractivity contribution in [1.29, 1.82) is 0 Å². The van der Waals surface area contributed by atoms with Gasteiger partial charge in [-0.2, -0.15) is 18.3 Å². The van der Waals surface area contributed by atoms with Gasteiger partial charge in [0.2, 0.25) is 0 Å². The molecular formula is C17H16F3N3O4. The Kier molecular flexibility index (Phi) is 6.22. The first-order valence-corrected chi connectivity index (χ1v) is 7.71. The Morgan fingerprint density at radius 2 is 1.96 bits per heavy atom. The largest absolute Gasteiger partial charge is 0.493 e. The van der Waals surface area contributed by atoms with Gasteiger partial charge in [0, 0.05) is 6.07 Å². The second-order valence-corrected chi connectivity index (χ2v) is 5.20. The number of ether oxygens (including phenoxy) is 2. The van der Waals surface area contributed by atoms with Crippen molar-refractivity contribution in [2.75, 3.05) is 19.1 Å². The van der Waals surface area contributed by atoms with Crippen LogP contribution in [0.5, 0.6) is 11.5 Å². The van der Waals surface area contributed by atoms with Gasteiger partial charge in [-0.05, 0) is 42.8 Å². The maximum atomic E-state index is 12.7. The number of rotatable bonds is 7. The number of nitro benzene ring substituents is 1. The third kappa shape index (κ3) is 5.09. The van der Waals surface area contributed by atoms with Crippen molar-refractivity contribution in [1.82, 2.24) is 0 Å². The predicted molar refractivity (Wildman–Crippen MR) is 93.5 cm³/mol. The van der Waals surface area contributed by atoms with Crippen LogP contribution in [0.1, 0.15) is 18.1 Å². The van der Waals surface area contributed by atoms with Gasteiger partial charge in [0.1, 0.15) is 5.69 Å². The molecule has 27 heavy (non-hydrogen) atoms. The third-order valence-electron chi connectivity index (χ3n) is 3.41. The Morgan fingerprint density at radius 1 is 1.22 bits per heavy atom. The van der Waals surface area contributed by atoms with Crippen LogP contribution in [0.4, 0.5) is 24.5 Å². The molecular weight excluding hydrogens is 367 g/mol. The number of nitro groups is 1. The first-order valence-electron chi connectivity index (χ1n) is 7.71. The highest BCUT2D eigenvalue weighted by Crippen LogP contribution is 2.35. The third-order valence-corrected chi connectivity index (χ3v) is 3.41. The lowest BCUT2D eigenvalue weighted by molar-refractivity contribution is -0.384. The molecule has 0 aliphatic rings. The van der Waals surface area contributed by atoms with Crippen molar-refractivity contribution in [3.05, 3.63) is 57.6 Å². The van der Waals surface area contributed by atoms with Crippen LogP contribution in [0.25, 0.3) is 0 Å². The van der Waals surface area contributed by atoms with Gasteiger partial charge in [0.25, 0.3) is 5.69 Å². The molecule has 1 N–H and O–H groups in total. The predicted octanol–water partition coefficient (Wildman–Crippen LogP) is 4.47. The summed E-state index contributed by atoms with van der Waals surface area (Å²) in [7, 11) is 1.47. The molecule has 0 atom stereocenters. The average molecular weight is 383 g/mol. The van der Waals surface area contributed by atoms with E-state index in [9.17, 15) is 23.3 Å². The zero-order valence-electron chi connectivity index (χ0n) is 14.4. The lowest BCUT2D eigenvalue weighted by Gasteiger charge is -2.09. The van der Waals surface area contributed by atoms with Gasteiger partial charge in [0.05, 0.1) is 30.4 Å². The zero-order chi connectivity index (χ0) is 20.0. The lowest BCUT2D eigenvalue weighted by Crippen LogP contribution is -2.06. The summed E-state index contributed by atoms with van der Waals surface area (Å²) in [6, 6.07) is 7.14. The van der Waals surface area contributed by atoms with Crippen molar-refractivity contribution >= 4 is 17.6 Å². The summed E-state index contributed by atoms with van der Waals surface area (Å²) < 4.78 is 48.7. The second kappa shape index (κ2) is 8.39. The fourth-order valence-electron chi connectivity index (χ4n) is 2.17. The molecule has 0 aliphatic carbocycles. The fourth-order valence-corrected chi connectivity index (χ4v) is 2.17. The summed E-state index contributed by atoms with van der Waals surface area (Å²) >= 11 is 0. The number of halogens is 3. The van der Waals surface area contributed by atoms with Crippen molar-refractivity contribution in [2.24, 2.45) is 5.10 Å². The Hall–Kier alpha value is -3.30. The van der Waals surface area contributed by atoms with Gasteiger partial charge in [-0.3, -0.25) is 15.5 Å². The van der Waals surface area contributed by atoms with Gasteiger partial charge in [0.15, 0.2) is 11.5 Å². The molecule has 0 amide bonds. The normalized spacial score (nSPS) is 11.4. The van der Waals surface area contributed by atoms with Crippen LogP contribution in [0, 0.1) is 10.1 Å². The van der Waals surface area contributed by atoms with Crippen LogP contribution in [-0.4, -0.2) is 24.9 Å². The van der Waals surface area contributed by atoms with E-state index in [1.807, 2.05) is 6.92 Å². The molecule has 7 nitrogen and oxygen atoms in total. The summed E-state index contributed by atoms with van der Waals surface area (Å²) in [6.07, 6.45) is -3.33. The molecule has 2 aromatic carbocycles. The van der Waals surface area contributed by atoms with Gasteiger partial charge < -0.3 is 9.47 Å². The van der Waals surface area contributed by atoms with E-state index in [-0.39, 0.29) is 5.69 Å². The molecule has 0 fully saturated rings. The standard InChI is InChI=1S/C17H16F3N3O4/c1-3-27-15-7-4-11(8-16(15)26-2)10-21-22-13-6-5-12(17(18,19)20)9-14(13)23(24)25/h4-10,22H,3H2,1-2H3/b21-10-. The van der Waals surface area contributed by atoms with Crippen molar-refractivity contribution in [2.45, 2.75) is 13.1 Å². The highest BCUT2D eigenvalue weighted by atomic mass is 19.4. The Bertz CT molecular complexity index is 854. The molecule has 0 aliphatic heterocycles. The molecule has 0 saturated heterocycles. The van der Waals surface area contributed by atoms with E-state index in [2.05, 4.69) is 10.5 Å². The molecule has 0 spiro atoms. The monoisotopic (exact) mass is 383 g/mol. The number of alkyl halides is 3. The summed E-state index contributed by atoms with van der Waals surface area (Å²) in [5.41, 5.74) is 0.976. The molecule has 10 heteroatoms. The minimum absolute atomic E-state index is 0.165. The number of methoxy groups -OCH3 is 1. The number of anilines is 1. The average Bonchev–Trinajstić information content (AvgIpc) is 2.62. The molecule has 0 bridgehead atoms. The fraction of sp³-hybridized carbons (Fsp3) is 0.235. The first kappa shape index (κ1) is 20.0. The van der Waals surface area contributed by atoms with E-state index in [0.29, 0.717) is 29.7 Å². The van der Waals surface area contributed by atoms with Crippen LogP contribution < -0.4 is 14.9 Å². The van der Waals surface area contributed by atoms with E-state index >= 15 is 0 Å². The molecule has 0 aromatic heterocycles. The summed E-state index contributed by atoms with van der Waals surface area (Å²) in [5, 5.41) is 14.9.